The van der Waals surface area contributed by atoms with Gasteiger partial charge < -0.3 is 4.74 Å². The highest BCUT2D eigenvalue weighted by Crippen LogP contribution is 2.32. The van der Waals surface area contributed by atoms with Crippen molar-refractivity contribution >= 4 is 10.8 Å². The second-order valence-corrected chi connectivity index (χ2v) is 3.96. The Morgan fingerprint density at radius 1 is 0.944 bits per heavy atom. The Morgan fingerprint density at radius 3 is 2.72 bits per heavy atom. The van der Waals surface area contributed by atoms with E-state index in [4.69, 9.17) is 4.74 Å². The summed E-state index contributed by atoms with van der Waals surface area (Å²) in [5.41, 5.74) is 2.11. The average Bonchev–Trinajstić information content (AvgIpc) is 2.46. The molecule has 0 spiro atoms. The molecule has 0 N–H and O–H groups in total. The second-order valence-electron chi connectivity index (χ2n) is 3.96. The third-order valence-electron chi connectivity index (χ3n) is 2.94. The topological polar surface area (TPSA) is 35.0 Å². The number of hydrogen-bond acceptors (Lipinski definition) is 3. The Kier molecular flexibility index (Phi) is 2.65. The summed E-state index contributed by atoms with van der Waals surface area (Å²) >= 11 is 0. The predicted octanol–water partition coefficient (Wildman–Crippen LogP) is 3.31. The van der Waals surface area contributed by atoms with Crippen LogP contribution >= 0.6 is 0 Å². The molecule has 0 fully saturated rings. The van der Waals surface area contributed by atoms with Crippen LogP contribution in [0.5, 0.6) is 5.88 Å². The standard InChI is InChI=1S/C15H12N2O/c1-18-15-14(6-3-8-17-15)13-5-2-4-11-10-16-9-7-12(11)13/h2-10H,1H3. The van der Waals surface area contributed by atoms with Crippen LogP contribution in [0.15, 0.2) is 55.0 Å². The van der Waals surface area contributed by atoms with Crippen molar-refractivity contribution in [3.63, 3.8) is 0 Å². The van der Waals surface area contributed by atoms with Crippen LogP contribution in [-0.4, -0.2) is 17.1 Å². The van der Waals surface area contributed by atoms with Gasteiger partial charge in [0.2, 0.25) is 5.88 Å². The molecule has 1 aromatic carbocycles. The Balaban J connectivity index is 2.32. The summed E-state index contributed by atoms with van der Waals surface area (Å²) in [6.45, 7) is 0. The van der Waals surface area contributed by atoms with E-state index in [-0.39, 0.29) is 0 Å². The average molecular weight is 236 g/mol. The molecule has 0 atom stereocenters. The van der Waals surface area contributed by atoms with Gasteiger partial charge in [0.05, 0.1) is 7.11 Å². The van der Waals surface area contributed by atoms with E-state index in [1.807, 2.05) is 30.5 Å². The summed E-state index contributed by atoms with van der Waals surface area (Å²) in [7, 11) is 1.64. The first-order valence-corrected chi connectivity index (χ1v) is 5.72. The molecule has 0 amide bonds. The van der Waals surface area contributed by atoms with Gasteiger partial charge in [-0.3, -0.25) is 4.98 Å². The van der Waals surface area contributed by atoms with Crippen LogP contribution in [0.4, 0.5) is 0 Å². The molecule has 0 saturated heterocycles. The molecular formula is C15H12N2O. The van der Waals surface area contributed by atoms with Crippen LogP contribution in [0.2, 0.25) is 0 Å². The number of ether oxygens (including phenoxy) is 1. The van der Waals surface area contributed by atoms with E-state index in [1.54, 1.807) is 19.5 Å². The van der Waals surface area contributed by atoms with Crippen LogP contribution in [0.3, 0.4) is 0 Å². The van der Waals surface area contributed by atoms with Gasteiger partial charge in [0.25, 0.3) is 0 Å². The van der Waals surface area contributed by atoms with Crippen LogP contribution < -0.4 is 4.74 Å². The zero-order chi connectivity index (χ0) is 12.4. The first kappa shape index (κ1) is 10.7. The summed E-state index contributed by atoms with van der Waals surface area (Å²) in [5, 5.41) is 2.26. The lowest BCUT2D eigenvalue weighted by Gasteiger charge is -2.09. The lowest BCUT2D eigenvalue weighted by atomic mass is 10.0. The van der Waals surface area contributed by atoms with E-state index < -0.39 is 0 Å². The Morgan fingerprint density at radius 2 is 1.83 bits per heavy atom. The largest absolute Gasteiger partial charge is 0.481 e. The van der Waals surface area contributed by atoms with Gasteiger partial charge in [0, 0.05) is 29.5 Å². The van der Waals surface area contributed by atoms with Gasteiger partial charge in [-0.15, -0.1) is 0 Å². The molecule has 0 unspecified atom stereocenters. The molecule has 3 heteroatoms. The molecular weight excluding hydrogens is 224 g/mol. The molecule has 0 aliphatic rings. The SMILES string of the molecule is COc1ncccc1-c1cccc2cnccc12. The van der Waals surface area contributed by atoms with Gasteiger partial charge in [-0.1, -0.05) is 18.2 Å². The molecule has 0 aliphatic carbocycles. The van der Waals surface area contributed by atoms with E-state index >= 15 is 0 Å². The van der Waals surface area contributed by atoms with Crippen molar-refractivity contribution in [2.45, 2.75) is 0 Å². The maximum Gasteiger partial charge on any atom is 0.221 e. The smallest absolute Gasteiger partial charge is 0.221 e. The number of aromatic nitrogens is 2. The maximum atomic E-state index is 5.32. The zero-order valence-electron chi connectivity index (χ0n) is 10.00. The van der Waals surface area contributed by atoms with Crippen molar-refractivity contribution in [1.82, 2.24) is 9.97 Å². The molecule has 3 nitrogen and oxygen atoms in total. The number of fused-ring (bicyclic) bond motifs is 1. The predicted molar refractivity (Wildman–Crippen MR) is 71.5 cm³/mol. The minimum absolute atomic E-state index is 0.641. The Bertz CT molecular complexity index is 689. The van der Waals surface area contributed by atoms with E-state index in [0.717, 1.165) is 21.9 Å². The number of hydrogen-bond donors (Lipinski definition) is 0. The van der Waals surface area contributed by atoms with Crippen LogP contribution in [0, 0.1) is 0 Å². The van der Waals surface area contributed by atoms with Crippen molar-refractivity contribution in [2.75, 3.05) is 7.11 Å². The van der Waals surface area contributed by atoms with Gasteiger partial charge >= 0.3 is 0 Å². The summed E-state index contributed by atoms with van der Waals surface area (Å²) in [6.07, 6.45) is 5.39. The van der Waals surface area contributed by atoms with E-state index in [9.17, 15) is 0 Å². The number of nitrogens with zero attached hydrogens (tertiary/aromatic N) is 2. The molecule has 0 saturated carbocycles. The highest BCUT2D eigenvalue weighted by molar-refractivity contribution is 5.97. The van der Waals surface area contributed by atoms with E-state index in [1.165, 1.54) is 0 Å². The summed E-state index contributed by atoms with van der Waals surface area (Å²) in [5.74, 6) is 0.641. The van der Waals surface area contributed by atoms with Gasteiger partial charge in [-0.05, 0) is 29.1 Å². The van der Waals surface area contributed by atoms with Crippen LogP contribution in [0.1, 0.15) is 0 Å². The first-order valence-electron chi connectivity index (χ1n) is 5.72. The normalized spacial score (nSPS) is 10.5. The van der Waals surface area contributed by atoms with Gasteiger partial charge in [-0.25, -0.2) is 4.98 Å². The first-order chi connectivity index (χ1) is 8.90. The summed E-state index contributed by atoms with van der Waals surface area (Å²) in [6, 6.07) is 12.1. The van der Waals surface area contributed by atoms with Crippen molar-refractivity contribution in [2.24, 2.45) is 0 Å². The third-order valence-corrected chi connectivity index (χ3v) is 2.94. The third kappa shape index (κ3) is 1.70. The highest BCUT2D eigenvalue weighted by Gasteiger charge is 2.09. The second kappa shape index (κ2) is 4.45. The minimum Gasteiger partial charge on any atom is -0.481 e. The molecule has 0 bridgehead atoms. The molecule has 2 aromatic heterocycles. The molecule has 0 radical (unpaired) electrons. The van der Waals surface area contributed by atoms with Crippen LogP contribution in [-0.2, 0) is 0 Å². The summed E-state index contributed by atoms with van der Waals surface area (Å²) in [4.78, 5) is 8.39. The van der Waals surface area contributed by atoms with Gasteiger partial charge in [-0.2, -0.15) is 0 Å². The van der Waals surface area contributed by atoms with Gasteiger partial charge in [0.15, 0.2) is 0 Å². The number of pyridine rings is 2. The molecule has 18 heavy (non-hydrogen) atoms. The molecule has 2 heterocycles. The zero-order valence-corrected chi connectivity index (χ0v) is 10.00. The number of methoxy groups -OCH3 is 1. The lowest BCUT2D eigenvalue weighted by molar-refractivity contribution is 0.400. The van der Waals surface area contributed by atoms with Crippen molar-refractivity contribution < 1.29 is 4.74 Å². The minimum atomic E-state index is 0.641. The highest BCUT2D eigenvalue weighted by atomic mass is 16.5. The number of rotatable bonds is 2. The monoisotopic (exact) mass is 236 g/mol. The Hall–Kier alpha value is -2.42. The van der Waals surface area contributed by atoms with Crippen molar-refractivity contribution in [3.05, 3.63) is 55.0 Å². The van der Waals surface area contributed by atoms with E-state index in [2.05, 4.69) is 22.1 Å². The van der Waals surface area contributed by atoms with Crippen molar-refractivity contribution in [1.29, 1.82) is 0 Å². The molecule has 3 rings (SSSR count). The van der Waals surface area contributed by atoms with Gasteiger partial charge in [0.1, 0.15) is 0 Å². The number of benzene rings is 1. The lowest BCUT2D eigenvalue weighted by Crippen LogP contribution is -1.91. The molecule has 88 valence electrons. The fourth-order valence-electron chi connectivity index (χ4n) is 2.12. The van der Waals surface area contributed by atoms with Crippen LogP contribution in [0.25, 0.3) is 21.9 Å². The fraction of sp³-hybridized carbons (Fsp3) is 0.0667. The molecule has 0 aliphatic heterocycles. The Labute approximate surface area is 105 Å². The van der Waals surface area contributed by atoms with E-state index in [0.29, 0.717) is 5.88 Å². The quantitative estimate of drug-likeness (QED) is 0.684. The fourth-order valence-corrected chi connectivity index (χ4v) is 2.12. The summed E-state index contributed by atoms with van der Waals surface area (Å²) < 4.78 is 5.32. The maximum absolute atomic E-state index is 5.32. The molecule has 3 aromatic rings. The van der Waals surface area contributed by atoms with Crippen molar-refractivity contribution in [3.8, 4) is 17.0 Å².